The van der Waals surface area contributed by atoms with Gasteiger partial charge in [0, 0.05) is 16.2 Å². The van der Waals surface area contributed by atoms with Crippen LogP contribution in [0.2, 0.25) is 0 Å². The van der Waals surface area contributed by atoms with E-state index in [9.17, 15) is 4.39 Å². The molecule has 0 aliphatic heterocycles. The molecule has 0 saturated heterocycles. The van der Waals surface area contributed by atoms with E-state index in [4.69, 9.17) is 5.26 Å². The van der Waals surface area contributed by atoms with E-state index in [1.54, 1.807) is 28.9 Å². The van der Waals surface area contributed by atoms with Crippen LogP contribution in [0.15, 0.2) is 41.1 Å². The van der Waals surface area contributed by atoms with Gasteiger partial charge in [0.25, 0.3) is 0 Å². The normalized spacial score (nSPS) is 10.6. The van der Waals surface area contributed by atoms with Crippen molar-refractivity contribution in [3.63, 3.8) is 0 Å². The van der Waals surface area contributed by atoms with Crippen LogP contribution in [0, 0.1) is 17.3 Å². The molecule has 0 aliphatic rings. The van der Waals surface area contributed by atoms with Crippen molar-refractivity contribution in [2.45, 2.75) is 0 Å². The van der Waals surface area contributed by atoms with Gasteiger partial charge in [-0.2, -0.15) is 14.8 Å². The first-order chi connectivity index (χ1) is 9.19. The van der Waals surface area contributed by atoms with Crippen molar-refractivity contribution in [2.24, 2.45) is 0 Å². The SMILES string of the molecule is N#Cc1cnn2cc(Br)cc(-c3cccc(F)n3)c12. The zero-order chi connectivity index (χ0) is 13.4. The smallest absolute Gasteiger partial charge is 0.213 e. The predicted molar refractivity (Wildman–Crippen MR) is 70.8 cm³/mol. The summed E-state index contributed by atoms with van der Waals surface area (Å²) in [5.74, 6) is -0.561. The van der Waals surface area contributed by atoms with Crippen molar-refractivity contribution in [1.82, 2.24) is 14.6 Å². The third-order valence-corrected chi connectivity index (χ3v) is 3.12. The Morgan fingerprint density at radius 1 is 1.37 bits per heavy atom. The molecule has 0 atom stereocenters. The number of nitriles is 1. The van der Waals surface area contributed by atoms with Crippen molar-refractivity contribution in [3.8, 4) is 17.3 Å². The zero-order valence-electron chi connectivity index (χ0n) is 9.51. The predicted octanol–water partition coefficient (Wildman–Crippen LogP) is 3.17. The second kappa shape index (κ2) is 4.44. The third kappa shape index (κ3) is 1.98. The third-order valence-electron chi connectivity index (χ3n) is 2.69. The summed E-state index contributed by atoms with van der Waals surface area (Å²) in [4.78, 5) is 3.85. The highest BCUT2D eigenvalue weighted by atomic mass is 79.9. The van der Waals surface area contributed by atoms with Crippen molar-refractivity contribution in [3.05, 3.63) is 52.6 Å². The molecule has 92 valence electrons. The van der Waals surface area contributed by atoms with Crippen LogP contribution in [-0.2, 0) is 0 Å². The van der Waals surface area contributed by atoms with Gasteiger partial charge in [0.2, 0.25) is 5.95 Å². The Balaban J connectivity index is 2.39. The molecule has 0 unspecified atom stereocenters. The summed E-state index contributed by atoms with van der Waals surface area (Å²) in [5, 5.41) is 13.2. The number of pyridine rings is 2. The molecule has 0 radical (unpaired) electrons. The summed E-state index contributed by atoms with van der Waals surface area (Å²) in [6.45, 7) is 0. The van der Waals surface area contributed by atoms with E-state index in [0.717, 1.165) is 4.47 Å². The van der Waals surface area contributed by atoms with E-state index in [0.29, 0.717) is 22.3 Å². The highest BCUT2D eigenvalue weighted by molar-refractivity contribution is 9.10. The van der Waals surface area contributed by atoms with Gasteiger partial charge in [-0.05, 0) is 34.1 Å². The fourth-order valence-corrected chi connectivity index (χ4v) is 2.35. The molecule has 0 N–H and O–H groups in total. The van der Waals surface area contributed by atoms with Crippen LogP contribution >= 0.6 is 15.9 Å². The van der Waals surface area contributed by atoms with Gasteiger partial charge in [0.05, 0.1) is 23.0 Å². The minimum absolute atomic E-state index is 0.425. The molecule has 0 aliphatic carbocycles. The quantitative estimate of drug-likeness (QED) is 0.648. The summed E-state index contributed by atoms with van der Waals surface area (Å²) in [7, 11) is 0. The lowest BCUT2D eigenvalue weighted by Crippen LogP contribution is -1.94. The maximum Gasteiger partial charge on any atom is 0.213 e. The van der Waals surface area contributed by atoms with Crippen LogP contribution in [0.1, 0.15) is 5.56 Å². The van der Waals surface area contributed by atoms with Crippen molar-refractivity contribution < 1.29 is 4.39 Å². The number of halogens is 2. The fraction of sp³-hybridized carbons (Fsp3) is 0. The van der Waals surface area contributed by atoms with Gasteiger partial charge < -0.3 is 0 Å². The zero-order valence-corrected chi connectivity index (χ0v) is 11.1. The number of aromatic nitrogens is 3. The van der Waals surface area contributed by atoms with Crippen LogP contribution < -0.4 is 0 Å². The highest BCUT2D eigenvalue weighted by Gasteiger charge is 2.13. The molecular weight excluding hydrogens is 311 g/mol. The number of nitrogens with zero attached hydrogens (tertiary/aromatic N) is 4. The van der Waals surface area contributed by atoms with Gasteiger partial charge in [-0.25, -0.2) is 9.50 Å². The van der Waals surface area contributed by atoms with E-state index < -0.39 is 5.95 Å². The summed E-state index contributed by atoms with van der Waals surface area (Å²) < 4.78 is 15.6. The lowest BCUT2D eigenvalue weighted by molar-refractivity contribution is 0.585. The number of hydrogen-bond donors (Lipinski definition) is 0. The van der Waals surface area contributed by atoms with Gasteiger partial charge in [-0.15, -0.1) is 0 Å². The molecular formula is C13H6BrFN4. The van der Waals surface area contributed by atoms with Gasteiger partial charge in [0.1, 0.15) is 6.07 Å². The lowest BCUT2D eigenvalue weighted by Gasteiger charge is -2.05. The summed E-state index contributed by atoms with van der Waals surface area (Å²) >= 11 is 3.36. The lowest BCUT2D eigenvalue weighted by atomic mass is 10.1. The Morgan fingerprint density at radius 3 is 2.95 bits per heavy atom. The first kappa shape index (κ1) is 11.8. The van der Waals surface area contributed by atoms with E-state index in [-0.39, 0.29) is 0 Å². The average molecular weight is 317 g/mol. The number of rotatable bonds is 1. The van der Waals surface area contributed by atoms with Gasteiger partial charge in [0.15, 0.2) is 0 Å². The minimum Gasteiger partial charge on any atom is -0.238 e. The molecule has 0 bridgehead atoms. The maximum absolute atomic E-state index is 13.3. The van der Waals surface area contributed by atoms with Crippen LogP contribution in [0.3, 0.4) is 0 Å². The molecule has 0 saturated carbocycles. The average Bonchev–Trinajstić information content (AvgIpc) is 2.80. The monoisotopic (exact) mass is 316 g/mol. The van der Waals surface area contributed by atoms with Gasteiger partial charge in [-0.1, -0.05) is 6.07 Å². The topological polar surface area (TPSA) is 54.0 Å². The first-order valence-corrected chi connectivity index (χ1v) is 6.18. The van der Waals surface area contributed by atoms with Gasteiger partial charge >= 0.3 is 0 Å². The summed E-state index contributed by atoms with van der Waals surface area (Å²) in [5.41, 5.74) is 2.16. The van der Waals surface area contributed by atoms with Crippen LogP contribution in [0.25, 0.3) is 16.8 Å². The molecule has 19 heavy (non-hydrogen) atoms. The molecule has 0 spiro atoms. The highest BCUT2D eigenvalue weighted by Crippen LogP contribution is 2.28. The molecule has 3 heterocycles. The summed E-state index contributed by atoms with van der Waals surface area (Å²) in [6.07, 6.45) is 3.21. The van der Waals surface area contributed by atoms with Crippen molar-refractivity contribution >= 4 is 21.4 Å². The maximum atomic E-state index is 13.3. The Kier molecular flexibility index (Phi) is 2.76. The molecule has 6 heteroatoms. The number of hydrogen-bond acceptors (Lipinski definition) is 3. The second-order valence-electron chi connectivity index (χ2n) is 3.88. The fourth-order valence-electron chi connectivity index (χ4n) is 1.92. The molecule has 0 aromatic carbocycles. The Labute approximate surface area is 116 Å². The Morgan fingerprint density at radius 2 is 2.21 bits per heavy atom. The molecule has 0 amide bonds. The molecule has 3 rings (SSSR count). The summed E-state index contributed by atoms with van der Waals surface area (Å²) in [6, 6.07) is 8.42. The largest absolute Gasteiger partial charge is 0.238 e. The molecule has 3 aromatic heterocycles. The Hall–Kier alpha value is -2.26. The first-order valence-electron chi connectivity index (χ1n) is 5.39. The number of fused-ring (bicyclic) bond motifs is 1. The Bertz CT molecular complexity index is 819. The van der Waals surface area contributed by atoms with Crippen LogP contribution in [0.5, 0.6) is 0 Å². The van der Waals surface area contributed by atoms with Crippen molar-refractivity contribution in [2.75, 3.05) is 0 Å². The van der Waals surface area contributed by atoms with Crippen LogP contribution in [0.4, 0.5) is 4.39 Å². The van der Waals surface area contributed by atoms with Crippen molar-refractivity contribution in [1.29, 1.82) is 5.26 Å². The second-order valence-corrected chi connectivity index (χ2v) is 4.80. The van der Waals surface area contributed by atoms with E-state index in [1.807, 2.05) is 0 Å². The molecule has 4 nitrogen and oxygen atoms in total. The standard InChI is InChI=1S/C13H6BrFN4/c14-9-4-10(11-2-1-3-12(15)18-11)13-8(5-16)6-17-19(13)7-9/h1-4,6-7H. The van der Waals surface area contributed by atoms with Gasteiger partial charge in [-0.3, -0.25) is 0 Å². The molecule has 3 aromatic rings. The molecule has 0 fully saturated rings. The minimum atomic E-state index is -0.561. The van der Waals surface area contributed by atoms with Crippen LogP contribution in [-0.4, -0.2) is 14.6 Å². The van der Waals surface area contributed by atoms with E-state index in [1.165, 1.54) is 12.3 Å². The van der Waals surface area contributed by atoms with E-state index >= 15 is 0 Å². The van der Waals surface area contributed by atoms with E-state index in [2.05, 4.69) is 32.1 Å².